The van der Waals surface area contributed by atoms with Crippen molar-refractivity contribution in [2.45, 2.75) is 38.9 Å². The molecule has 24 heavy (non-hydrogen) atoms. The Labute approximate surface area is 140 Å². The minimum absolute atomic E-state index is 0.128. The van der Waals surface area contributed by atoms with Gasteiger partial charge in [-0.2, -0.15) is 8.42 Å². The maximum atomic E-state index is 13.6. The topological polar surface area (TPSA) is 90.9 Å². The first-order valence-electron chi connectivity index (χ1n) is 7.28. The number of benzene rings is 1. The van der Waals surface area contributed by atoms with Crippen LogP contribution in [0.5, 0.6) is 11.5 Å². The summed E-state index contributed by atoms with van der Waals surface area (Å²) in [5, 5.41) is 2.56. The maximum absolute atomic E-state index is 13.6. The Morgan fingerprint density at radius 3 is 2.67 bits per heavy atom. The van der Waals surface area contributed by atoms with Gasteiger partial charge in [0, 0.05) is 18.1 Å². The molecule has 1 N–H and O–H groups in total. The minimum Gasteiger partial charge on any atom is -0.484 e. The first-order chi connectivity index (χ1) is 10.9. The van der Waals surface area contributed by atoms with E-state index in [0.717, 1.165) is 12.3 Å². The number of fused-ring (bicyclic) bond motifs is 1. The van der Waals surface area contributed by atoms with Crippen LogP contribution >= 0.6 is 0 Å². The highest BCUT2D eigenvalue weighted by Gasteiger charge is 2.29. The van der Waals surface area contributed by atoms with E-state index in [4.69, 9.17) is 13.7 Å². The summed E-state index contributed by atoms with van der Waals surface area (Å²) >= 11 is 0. The molecule has 1 unspecified atom stereocenters. The molecule has 2 rings (SSSR count). The van der Waals surface area contributed by atoms with E-state index in [9.17, 15) is 17.6 Å². The van der Waals surface area contributed by atoms with Gasteiger partial charge in [-0.05, 0) is 26.8 Å². The fourth-order valence-electron chi connectivity index (χ4n) is 2.21. The normalized spacial score (nSPS) is 17.0. The molecule has 7 nitrogen and oxygen atoms in total. The van der Waals surface area contributed by atoms with Crippen LogP contribution in [0.25, 0.3) is 0 Å². The Bertz CT molecular complexity index is 741. The summed E-state index contributed by atoms with van der Waals surface area (Å²) < 4.78 is 51.6. The van der Waals surface area contributed by atoms with Gasteiger partial charge in [0.1, 0.15) is 17.5 Å². The molecule has 9 heteroatoms. The van der Waals surface area contributed by atoms with Crippen molar-refractivity contribution in [3.05, 3.63) is 23.5 Å². The largest absolute Gasteiger partial charge is 0.484 e. The lowest BCUT2D eigenvalue weighted by Gasteiger charge is -2.20. The van der Waals surface area contributed by atoms with Crippen molar-refractivity contribution in [3.8, 4) is 11.5 Å². The van der Waals surface area contributed by atoms with Crippen molar-refractivity contribution in [1.82, 2.24) is 5.32 Å². The molecule has 0 bridgehead atoms. The maximum Gasteiger partial charge on any atom is 0.407 e. The van der Waals surface area contributed by atoms with E-state index in [1.54, 1.807) is 20.8 Å². The van der Waals surface area contributed by atoms with E-state index in [0.29, 0.717) is 12.0 Å². The molecule has 0 saturated heterocycles. The number of halogens is 1. The summed E-state index contributed by atoms with van der Waals surface area (Å²) in [5.74, 6) is -0.665. The molecule has 134 valence electrons. The van der Waals surface area contributed by atoms with Crippen molar-refractivity contribution in [3.63, 3.8) is 0 Å². The summed E-state index contributed by atoms with van der Waals surface area (Å²) in [6, 6.07) is 2.20. The zero-order valence-corrected chi connectivity index (χ0v) is 14.7. The third kappa shape index (κ3) is 5.26. The van der Waals surface area contributed by atoms with E-state index in [1.165, 1.54) is 6.07 Å². The molecule has 0 radical (unpaired) electrons. The van der Waals surface area contributed by atoms with Crippen LogP contribution < -0.4 is 14.2 Å². The standard InChI is InChI=1S/C15H20FNO6S/c1-15(2,3)22-14(18)17-8-11-6-9-5-10(16)7-12(13(9)21-11)23-24(4,19)20/h5,7,11H,6,8H2,1-4H3,(H,17,18). The van der Waals surface area contributed by atoms with Crippen LogP contribution in [0.2, 0.25) is 0 Å². The molecule has 0 aliphatic carbocycles. The number of alkyl carbamates (subject to hydrolysis) is 1. The summed E-state index contributed by atoms with van der Waals surface area (Å²) in [5.41, 5.74) is -0.145. The molecular formula is C15H20FNO6S. The molecule has 1 amide bonds. The first kappa shape index (κ1) is 18.3. The highest BCUT2D eigenvalue weighted by atomic mass is 32.2. The molecule has 1 aromatic rings. The van der Waals surface area contributed by atoms with Crippen molar-refractivity contribution >= 4 is 16.2 Å². The van der Waals surface area contributed by atoms with Gasteiger partial charge in [-0.1, -0.05) is 0 Å². The number of rotatable bonds is 4. The van der Waals surface area contributed by atoms with E-state index >= 15 is 0 Å². The number of carbonyl (C=O) groups excluding carboxylic acids is 1. The Balaban J connectivity index is 2.04. The van der Waals surface area contributed by atoms with E-state index in [-0.39, 0.29) is 18.0 Å². The lowest BCUT2D eigenvalue weighted by molar-refractivity contribution is 0.0506. The average Bonchev–Trinajstić information content (AvgIpc) is 2.75. The van der Waals surface area contributed by atoms with Gasteiger partial charge in [0.15, 0.2) is 11.5 Å². The van der Waals surface area contributed by atoms with Crippen LogP contribution in [0.3, 0.4) is 0 Å². The second-order valence-corrected chi connectivity index (χ2v) is 8.08. The van der Waals surface area contributed by atoms with Crippen molar-refractivity contribution in [1.29, 1.82) is 0 Å². The monoisotopic (exact) mass is 361 g/mol. The fourth-order valence-corrected chi connectivity index (χ4v) is 2.66. The number of amides is 1. The SMILES string of the molecule is CC(C)(C)OC(=O)NCC1Cc2cc(F)cc(OS(C)(=O)=O)c2O1. The lowest BCUT2D eigenvalue weighted by Crippen LogP contribution is -2.38. The van der Waals surface area contributed by atoms with Gasteiger partial charge < -0.3 is 19.0 Å². The summed E-state index contributed by atoms with van der Waals surface area (Å²) in [6.07, 6.45) is 0.0983. The smallest absolute Gasteiger partial charge is 0.407 e. The predicted octanol–water partition coefficient (Wildman–Crippen LogP) is 1.99. The Morgan fingerprint density at radius 1 is 1.42 bits per heavy atom. The van der Waals surface area contributed by atoms with Crippen LogP contribution in [0.1, 0.15) is 26.3 Å². The molecule has 1 aliphatic rings. The van der Waals surface area contributed by atoms with Crippen molar-refractivity contribution < 1.29 is 31.3 Å². The Morgan fingerprint density at radius 2 is 2.08 bits per heavy atom. The van der Waals surface area contributed by atoms with Crippen LogP contribution in [-0.4, -0.2) is 39.0 Å². The third-order valence-corrected chi connectivity index (χ3v) is 3.43. The van der Waals surface area contributed by atoms with Gasteiger partial charge in [0.2, 0.25) is 0 Å². The Hall–Kier alpha value is -2.03. The van der Waals surface area contributed by atoms with Crippen molar-refractivity contribution in [2.75, 3.05) is 12.8 Å². The summed E-state index contributed by atoms with van der Waals surface area (Å²) in [7, 11) is -3.82. The van der Waals surface area contributed by atoms with Gasteiger partial charge in [0.25, 0.3) is 0 Å². The van der Waals surface area contributed by atoms with Gasteiger partial charge in [-0.15, -0.1) is 0 Å². The quantitative estimate of drug-likeness (QED) is 0.825. The highest BCUT2D eigenvalue weighted by Crippen LogP contribution is 2.39. The van der Waals surface area contributed by atoms with E-state index in [1.807, 2.05) is 0 Å². The molecular weight excluding hydrogens is 341 g/mol. The molecule has 1 aromatic carbocycles. The molecule has 1 heterocycles. The van der Waals surface area contributed by atoms with E-state index < -0.39 is 33.7 Å². The van der Waals surface area contributed by atoms with Crippen LogP contribution in [0.4, 0.5) is 9.18 Å². The van der Waals surface area contributed by atoms with Gasteiger partial charge >= 0.3 is 16.2 Å². The van der Waals surface area contributed by atoms with Gasteiger partial charge in [-0.25, -0.2) is 9.18 Å². The molecule has 1 aliphatic heterocycles. The van der Waals surface area contributed by atoms with Crippen LogP contribution in [0.15, 0.2) is 12.1 Å². The number of carbonyl (C=O) groups is 1. The van der Waals surface area contributed by atoms with Crippen LogP contribution in [-0.2, 0) is 21.3 Å². The summed E-state index contributed by atoms with van der Waals surface area (Å²) in [6.45, 7) is 5.35. The number of hydrogen-bond acceptors (Lipinski definition) is 6. The van der Waals surface area contributed by atoms with Crippen molar-refractivity contribution in [2.24, 2.45) is 0 Å². The first-order valence-corrected chi connectivity index (χ1v) is 9.10. The second-order valence-electron chi connectivity index (χ2n) is 6.51. The lowest BCUT2D eigenvalue weighted by atomic mass is 10.1. The molecule has 1 atom stereocenters. The van der Waals surface area contributed by atoms with Gasteiger partial charge in [0.05, 0.1) is 12.8 Å². The van der Waals surface area contributed by atoms with Gasteiger partial charge in [-0.3, -0.25) is 0 Å². The van der Waals surface area contributed by atoms with E-state index in [2.05, 4.69) is 5.32 Å². The minimum atomic E-state index is -3.82. The fraction of sp³-hybridized carbons (Fsp3) is 0.533. The molecule has 0 saturated carbocycles. The highest BCUT2D eigenvalue weighted by molar-refractivity contribution is 7.86. The molecule has 0 fully saturated rings. The number of hydrogen-bond donors (Lipinski definition) is 1. The average molecular weight is 361 g/mol. The second kappa shape index (κ2) is 6.46. The number of ether oxygens (including phenoxy) is 2. The molecule has 0 spiro atoms. The molecule has 0 aromatic heterocycles. The Kier molecular flexibility index (Phi) is 4.93. The predicted molar refractivity (Wildman–Crippen MR) is 84.2 cm³/mol. The van der Waals surface area contributed by atoms with Crippen LogP contribution in [0, 0.1) is 5.82 Å². The summed E-state index contributed by atoms with van der Waals surface area (Å²) in [4.78, 5) is 11.6. The zero-order chi connectivity index (χ0) is 18.1. The zero-order valence-electron chi connectivity index (χ0n) is 13.9. The number of nitrogens with one attached hydrogen (secondary N) is 1. The third-order valence-electron chi connectivity index (χ3n) is 2.94.